The number of aryl methyl sites for hydroxylation is 1. The Morgan fingerprint density at radius 2 is 2.06 bits per heavy atom. The van der Waals surface area contributed by atoms with E-state index in [1.165, 1.54) is 4.31 Å². The Kier molecular flexibility index (Phi) is 3.38. The van der Waals surface area contributed by atoms with Crippen LogP contribution in [0.4, 0.5) is 5.69 Å². The largest absolute Gasteiger partial charge is 0.399 e. The van der Waals surface area contributed by atoms with Crippen molar-refractivity contribution in [3.8, 4) is 0 Å². The van der Waals surface area contributed by atoms with E-state index in [2.05, 4.69) is 6.92 Å². The lowest BCUT2D eigenvalue weighted by molar-refractivity contribution is 0.444. The molecule has 18 heavy (non-hydrogen) atoms. The highest BCUT2D eigenvalue weighted by Gasteiger charge is 2.36. The van der Waals surface area contributed by atoms with Crippen LogP contribution in [0.2, 0.25) is 0 Å². The lowest BCUT2D eigenvalue weighted by Crippen LogP contribution is -2.29. The third-order valence-corrected chi connectivity index (χ3v) is 5.64. The molecule has 1 saturated carbocycles. The molecule has 2 unspecified atom stereocenters. The summed E-state index contributed by atoms with van der Waals surface area (Å²) in [7, 11) is -1.74. The van der Waals surface area contributed by atoms with E-state index < -0.39 is 10.0 Å². The van der Waals surface area contributed by atoms with Crippen molar-refractivity contribution in [1.82, 2.24) is 4.31 Å². The Labute approximate surface area is 109 Å². The summed E-state index contributed by atoms with van der Waals surface area (Å²) in [6.45, 7) is 4.53. The Hall–Kier alpha value is -1.07. The zero-order valence-corrected chi connectivity index (χ0v) is 11.9. The summed E-state index contributed by atoms with van der Waals surface area (Å²) in [5, 5.41) is 0. The molecule has 0 amide bonds. The molecule has 0 spiro atoms. The van der Waals surface area contributed by atoms with Crippen LogP contribution in [0, 0.1) is 18.8 Å². The molecular formula is C13H20N2O2S. The maximum Gasteiger partial charge on any atom is 0.243 e. The van der Waals surface area contributed by atoms with Crippen molar-refractivity contribution in [2.45, 2.75) is 25.2 Å². The van der Waals surface area contributed by atoms with Gasteiger partial charge in [-0.1, -0.05) is 6.92 Å². The number of hydrogen-bond acceptors (Lipinski definition) is 3. The first-order valence-corrected chi connectivity index (χ1v) is 7.59. The van der Waals surface area contributed by atoms with Gasteiger partial charge in [0.05, 0.1) is 4.90 Å². The molecule has 1 aliphatic carbocycles. The van der Waals surface area contributed by atoms with Crippen LogP contribution in [0.1, 0.15) is 18.9 Å². The molecule has 1 aliphatic rings. The zero-order valence-electron chi connectivity index (χ0n) is 11.1. The van der Waals surface area contributed by atoms with Gasteiger partial charge in [-0.2, -0.15) is 0 Å². The van der Waals surface area contributed by atoms with Crippen LogP contribution < -0.4 is 5.73 Å². The van der Waals surface area contributed by atoms with Gasteiger partial charge >= 0.3 is 0 Å². The molecule has 0 radical (unpaired) electrons. The van der Waals surface area contributed by atoms with Gasteiger partial charge in [0.25, 0.3) is 0 Å². The third kappa shape index (κ3) is 2.52. The fourth-order valence-electron chi connectivity index (χ4n) is 2.21. The minimum Gasteiger partial charge on any atom is -0.399 e. The van der Waals surface area contributed by atoms with E-state index >= 15 is 0 Å². The maximum absolute atomic E-state index is 12.4. The molecule has 1 aromatic carbocycles. The SMILES string of the molecule is Cc1cc(N)ccc1S(=O)(=O)N(C)CC1CC1C. The number of sulfonamides is 1. The smallest absolute Gasteiger partial charge is 0.243 e. The molecule has 1 fully saturated rings. The molecule has 2 atom stereocenters. The van der Waals surface area contributed by atoms with E-state index in [-0.39, 0.29) is 0 Å². The second kappa shape index (κ2) is 4.55. The summed E-state index contributed by atoms with van der Waals surface area (Å²) >= 11 is 0. The normalized spacial score (nSPS) is 23.3. The molecule has 2 N–H and O–H groups in total. The van der Waals surface area contributed by atoms with E-state index in [9.17, 15) is 8.42 Å². The van der Waals surface area contributed by atoms with Crippen molar-refractivity contribution in [3.63, 3.8) is 0 Å². The highest BCUT2D eigenvalue weighted by atomic mass is 32.2. The van der Waals surface area contributed by atoms with Crippen LogP contribution in [0.5, 0.6) is 0 Å². The van der Waals surface area contributed by atoms with Gasteiger partial charge in [0.15, 0.2) is 0 Å². The Morgan fingerprint density at radius 3 is 2.56 bits per heavy atom. The summed E-state index contributed by atoms with van der Waals surface area (Å²) in [6, 6.07) is 4.92. The van der Waals surface area contributed by atoms with E-state index in [4.69, 9.17) is 5.73 Å². The zero-order chi connectivity index (χ0) is 13.5. The van der Waals surface area contributed by atoms with Crippen molar-refractivity contribution in [3.05, 3.63) is 23.8 Å². The fourth-order valence-corrected chi connectivity index (χ4v) is 3.64. The van der Waals surface area contributed by atoms with Gasteiger partial charge in [0.2, 0.25) is 10.0 Å². The van der Waals surface area contributed by atoms with Crippen molar-refractivity contribution in [2.75, 3.05) is 19.3 Å². The molecule has 0 bridgehead atoms. The molecule has 1 aromatic rings. The Morgan fingerprint density at radius 1 is 1.44 bits per heavy atom. The lowest BCUT2D eigenvalue weighted by atomic mass is 10.2. The van der Waals surface area contributed by atoms with Gasteiger partial charge in [-0.15, -0.1) is 0 Å². The van der Waals surface area contributed by atoms with Gasteiger partial charge in [-0.3, -0.25) is 0 Å². The molecule has 0 aliphatic heterocycles. The fraction of sp³-hybridized carbons (Fsp3) is 0.538. The molecule has 100 valence electrons. The van der Waals surface area contributed by atoms with Gasteiger partial charge < -0.3 is 5.73 Å². The molecule has 4 nitrogen and oxygen atoms in total. The summed E-state index contributed by atoms with van der Waals surface area (Å²) in [5.74, 6) is 1.16. The van der Waals surface area contributed by atoms with Crippen LogP contribution >= 0.6 is 0 Å². The predicted octanol–water partition coefficient (Wildman–Crippen LogP) is 1.85. The molecular weight excluding hydrogens is 248 g/mol. The van der Waals surface area contributed by atoms with Crippen LogP contribution in [0.3, 0.4) is 0 Å². The number of nitrogens with zero attached hydrogens (tertiary/aromatic N) is 1. The Bertz CT molecular complexity index is 554. The van der Waals surface area contributed by atoms with Crippen LogP contribution in [0.25, 0.3) is 0 Å². The van der Waals surface area contributed by atoms with Gasteiger partial charge in [0.1, 0.15) is 0 Å². The number of nitrogen functional groups attached to an aromatic ring is 1. The van der Waals surface area contributed by atoms with Crippen molar-refractivity contribution >= 4 is 15.7 Å². The summed E-state index contributed by atoms with van der Waals surface area (Å²) in [4.78, 5) is 0.354. The second-order valence-corrected chi connectivity index (χ2v) is 7.30. The number of nitrogens with two attached hydrogens (primary N) is 1. The second-order valence-electron chi connectivity index (χ2n) is 5.28. The lowest BCUT2D eigenvalue weighted by Gasteiger charge is -2.18. The maximum atomic E-state index is 12.4. The average Bonchev–Trinajstić information content (AvgIpc) is 2.93. The number of benzene rings is 1. The number of rotatable bonds is 4. The Balaban J connectivity index is 2.24. The van der Waals surface area contributed by atoms with Gasteiger partial charge in [-0.05, 0) is 48.9 Å². The molecule has 0 heterocycles. The first-order valence-electron chi connectivity index (χ1n) is 6.15. The monoisotopic (exact) mass is 268 g/mol. The van der Waals surface area contributed by atoms with Crippen LogP contribution in [-0.4, -0.2) is 26.3 Å². The predicted molar refractivity (Wildman–Crippen MR) is 72.7 cm³/mol. The van der Waals surface area contributed by atoms with E-state index in [0.29, 0.717) is 34.5 Å². The van der Waals surface area contributed by atoms with Crippen molar-refractivity contribution < 1.29 is 8.42 Å². The average molecular weight is 268 g/mol. The molecule has 2 rings (SSSR count). The van der Waals surface area contributed by atoms with Gasteiger partial charge in [-0.25, -0.2) is 12.7 Å². The van der Waals surface area contributed by atoms with E-state index in [1.807, 2.05) is 0 Å². The highest BCUT2D eigenvalue weighted by molar-refractivity contribution is 7.89. The standard InChI is InChI=1S/C13H20N2O2S/c1-9-6-11(9)8-15(3)18(16,17)13-5-4-12(14)7-10(13)2/h4-5,7,9,11H,6,8,14H2,1-3H3. The third-order valence-electron chi connectivity index (χ3n) is 3.65. The highest BCUT2D eigenvalue weighted by Crippen LogP contribution is 2.38. The first kappa shape index (κ1) is 13.4. The molecule has 5 heteroatoms. The van der Waals surface area contributed by atoms with E-state index in [1.54, 1.807) is 32.2 Å². The van der Waals surface area contributed by atoms with Crippen molar-refractivity contribution in [2.24, 2.45) is 11.8 Å². The topological polar surface area (TPSA) is 63.4 Å². The summed E-state index contributed by atoms with van der Waals surface area (Å²) < 4.78 is 26.3. The quantitative estimate of drug-likeness (QED) is 0.848. The first-order chi connectivity index (χ1) is 8.32. The van der Waals surface area contributed by atoms with Gasteiger partial charge in [0, 0.05) is 19.3 Å². The minimum absolute atomic E-state index is 0.354. The number of hydrogen-bond donors (Lipinski definition) is 1. The van der Waals surface area contributed by atoms with Crippen LogP contribution in [-0.2, 0) is 10.0 Å². The summed E-state index contributed by atoms with van der Waals surface area (Å²) in [5.41, 5.74) is 6.93. The molecule has 0 aromatic heterocycles. The summed E-state index contributed by atoms with van der Waals surface area (Å²) in [6.07, 6.45) is 1.13. The van der Waals surface area contributed by atoms with Crippen molar-refractivity contribution in [1.29, 1.82) is 0 Å². The minimum atomic E-state index is -3.39. The number of anilines is 1. The van der Waals surface area contributed by atoms with E-state index in [0.717, 1.165) is 6.42 Å². The molecule has 0 saturated heterocycles. The van der Waals surface area contributed by atoms with Crippen LogP contribution in [0.15, 0.2) is 23.1 Å².